The van der Waals surface area contributed by atoms with E-state index in [0.29, 0.717) is 23.2 Å². The molecule has 2 aromatic carbocycles. The Kier molecular flexibility index (Phi) is 5.91. The highest BCUT2D eigenvalue weighted by Crippen LogP contribution is 2.49. The van der Waals surface area contributed by atoms with Gasteiger partial charge in [0, 0.05) is 47.5 Å². The van der Waals surface area contributed by atoms with Gasteiger partial charge >= 0.3 is 6.03 Å². The third-order valence-electron chi connectivity index (χ3n) is 7.34. The van der Waals surface area contributed by atoms with E-state index in [4.69, 9.17) is 11.6 Å². The number of likely N-dealkylation sites (tertiary alicyclic amines) is 1. The average molecular weight is 440 g/mol. The minimum absolute atomic E-state index is 0.141. The molecule has 5 rings (SSSR count). The van der Waals surface area contributed by atoms with E-state index in [2.05, 4.69) is 16.3 Å². The highest BCUT2D eigenvalue weighted by Gasteiger charge is 2.53. The molecule has 1 aliphatic carbocycles. The molecular weight excluding hydrogens is 410 g/mol. The van der Waals surface area contributed by atoms with Crippen molar-refractivity contribution in [2.75, 3.05) is 29.9 Å². The molecule has 0 unspecified atom stereocenters. The summed E-state index contributed by atoms with van der Waals surface area (Å²) in [6.45, 7) is 1.83. The Morgan fingerprint density at radius 3 is 2.68 bits per heavy atom. The van der Waals surface area contributed by atoms with E-state index in [0.717, 1.165) is 12.2 Å². The van der Waals surface area contributed by atoms with Gasteiger partial charge in [0.1, 0.15) is 0 Å². The summed E-state index contributed by atoms with van der Waals surface area (Å²) >= 11 is 6.10. The zero-order chi connectivity index (χ0) is 21.4. The van der Waals surface area contributed by atoms with Crippen LogP contribution in [-0.4, -0.2) is 47.8 Å². The number of anilines is 2. The van der Waals surface area contributed by atoms with Gasteiger partial charge in [0.25, 0.3) is 0 Å². The molecule has 0 bridgehead atoms. The van der Waals surface area contributed by atoms with E-state index >= 15 is 0 Å². The van der Waals surface area contributed by atoms with Gasteiger partial charge in [-0.05, 0) is 48.6 Å². The predicted octanol–water partition coefficient (Wildman–Crippen LogP) is 5.10. The summed E-state index contributed by atoms with van der Waals surface area (Å²) in [7, 11) is 0. The molecule has 2 aliphatic heterocycles. The van der Waals surface area contributed by atoms with E-state index in [9.17, 15) is 9.90 Å². The fourth-order valence-corrected chi connectivity index (χ4v) is 6.04. The van der Waals surface area contributed by atoms with E-state index in [1.165, 1.54) is 37.7 Å². The first kappa shape index (κ1) is 20.8. The van der Waals surface area contributed by atoms with Crippen LogP contribution >= 0.6 is 11.6 Å². The Morgan fingerprint density at radius 1 is 1.10 bits per heavy atom. The third kappa shape index (κ3) is 3.95. The minimum atomic E-state index is -0.141. The molecule has 1 saturated carbocycles. The number of hydrogen-bond acceptors (Lipinski definition) is 3. The monoisotopic (exact) mass is 439 g/mol. The number of hydrogen-bond donors (Lipinski definition) is 2. The van der Waals surface area contributed by atoms with Gasteiger partial charge in [0.2, 0.25) is 0 Å². The molecule has 0 spiro atoms. The number of amides is 2. The number of aliphatic hydroxyl groups excluding tert-OH is 1. The Morgan fingerprint density at radius 2 is 1.90 bits per heavy atom. The average Bonchev–Trinajstić information content (AvgIpc) is 2.78. The lowest BCUT2D eigenvalue weighted by Crippen LogP contribution is -2.70. The van der Waals surface area contributed by atoms with Crippen molar-refractivity contribution in [1.29, 1.82) is 0 Å². The molecule has 2 N–H and O–H groups in total. The van der Waals surface area contributed by atoms with Crippen LogP contribution in [0.4, 0.5) is 16.2 Å². The molecule has 31 heavy (non-hydrogen) atoms. The maximum Gasteiger partial charge on any atom is 0.326 e. The zero-order valence-corrected chi connectivity index (χ0v) is 18.5. The standard InChI is InChI=1S/C25H30ClN3O2/c26-18-9-6-10-19(13-18)27-25(31)29-15-22-24(20-11-4-5-12-21(20)29)23(16-30)28(22)14-17-7-2-1-3-8-17/h4-6,9-13,17,22-24,30H,1-3,7-8,14-16H2,(H,27,31)/t22-,23+,24+/m1/s1. The van der Waals surface area contributed by atoms with Crippen molar-refractivity contribution in [1.82, 2.24) is 4.90 Å². The summed E-state index contributed by atoms with van der Waals surface area (Å²) in [5.41, 5.74) is 2.80. The lowest BCUT2D eigenvalue weighted by molar-refractivity contribution is -0.0541. The van der Waals surface area contributed by atoms with Crippen molar-refractivity contribution < 1.29 is 9.90 Å². The summed E-state index contributed by atoms with van der Waals surface area (Å²) in [6, 6.07) is 15.6. The van der Waals surface area contributed by atoms with Gasteiger partial charge in [-0.1, -0.05) is 55.1 Å². The van der Waals surface area contributed by atoms with Crippen molar-refractivity contribution in [2.45, 2.75) is 50.1 Å². The Balaban J connectivity index is 1.39. The molecule has 5 nitrogen and oxygen atoms in total. The second-order valence-electron chi connectivity index (χ2n) is 9.15. The Hall–Kier alpha value is -2.08. The molecule has 2 fully saturated rings. The fourth-order valence-electron chi connectivity index (χ4n) is 5.85. The van der Waals surface area contributed by atoms with Crippen LogP contribution in [0.2, 0.25) is 5.02 Å². The number of urea groups is 1. The van der Waals surface area contributed by atoms with Gasteiger partial charge in [-0.3, -0.25) is 9.80 Å². The summed E-state index contributed by atoms with van der Waals surface area (Å²) in [4.78, 5) is 17.6. The number of aliphatic hydroxyl groups is 1. The minimum Gasteiger partial charge on any atom is -0.395 e. The topological polar surface area (TPSA) is 55.8 Å². The molecule has 2 heterocycles. The molecule has 3 aliphatic rings. The lowest BCUT2D eigenvalue weighted by Gasteiger charge is -2.59. The summed E-state index contributed by atoms with van der Waals surface area (Å²) in [5, 5.41) is 13.8. The summed E-state index contributed by atoms with van der Waals surface area (Å²) < 4.78 is 0. The molecule has 0 aromatic heterocycles. The highest BCUT2D eigenvalue weighted by atomic mass is 35.5. The van der Waals surface area contributed by atoms with E-state index in [1.807, 2.05) is 35.2 Å². The van der Waals surface area contributed by atoms with Crippen LogP contribution in [0.25, 0.3) is 0 Å². The first-order chi connectivity index (χ1) is 15.2. The number of carbonyl (C=O) groups excluding carboxylic acids is 1. The SMILES string of the molecule is O=C(Nc1cccc(Cl)c1)N1C[C@@H]2[C@H](c3ccccc31)[C@H](CO)N2CC1CCCCC1. The van der Waals surface area contributed by atoms with Gasteiger partial charge < -0.3 is 10.4 Å². The summed E-state index contributed by atoms with van der Waals surface area (Å²) in [6.07, 6.45) is 6.53. The van der Waals surface area contributed by atoms with E-state index in [1.54, 1.807) is 12.1 Å². The number of benzene rings is 2. The first-order valence-corrected chi connectivity index (χ1v) is 11.8. The molecule has 2 aromatic rings. The predicted molar refractivity (Wildman–Crippen MR) is 125 cm³/mol. The van der Waals surface area contributed by atoms with Crippen molar-refractivity contribution in [3.63, 3.8) is 0 Å². The highest BCUT2D eigenvalue weighted by molar-refractivity contribution is 6.30. The molecule has 6 heteroatoms. The van der Waals surface area contributed by atoms with Crippen molar-refractivity contribution >= 4 is 29.0 Å². The molecule has 2 amide bonds. The first-order valence-electron chi connectivity index (χ1n) is 11.5. The normalized spacial score (nSPS) is 26.0. The number of nitrogens with one attached hydrogen (secondary N) is 1. The number of halogens is 1. The van der Waals surface area contributed by atoms with Crippen LogP contribution < -0.4 is 10.2 Å². The van der Waals surface area contributed by atoms with Crippen LogP contribution in [0.15, 0.2) is 48.5 Å². The van der Waals surface area contributed by atoms with Crippen LogP contribution in [-0.2, 0) is 0 Å². The number of nitrogens with zero attached hydrogens (tertiary/aromatic N) is 2. The van der Waals surface area contributed by atoms with Crippen molar-refractivity contribution in [3.05, 3.63) is 59.1 Å². The Bertz CT molecular complexity index is 946. The third-order valence-corrected chi connectivity index (χ3v) is 7.57. The van der Waals surface area contributed by atoms with Gasteiger partial charge in [-0.2, -0.15) is 0 Å². The zero-order valence-electron chi connectivity index (χ0n) is 17.7. The number of rotatable bonds is 4. The lowest BCUT2D eigenvalue weighted by atomic mass is 9.71. The molecule has 3 atom stereocenters. The Labute approximate surface area is 189 Å². The van der Waals surface area contributed by atoms with Crippen LogP contribution in [0.3, 0.4) is 0 Å². The number of carbonyl (C=O) groups is 1. The molecule has 1 saturated heterocycles. The molecular formula is C25H30ClN3O2. The van der Waals surface area contributed by atoms with Gasteiger partial charge in [0.15, 0.2) is 0 Å². The van der Waals surface area contributed by atoms with Crippen molar-refractivity contribution in [2.24, 2.45) is 5.92 Å². The van der Waals surface area contributed by atoms with Gasteiger partial charge in [0.05, 0.1) is 6.61 Å². The quantitative estimate of drug-likeness (QED) is 0.696. The number of para-hydroxylation sites is 1. The second kappa shape index (κ2) is 8.81. The number of fused-ring (bicyclic) bond motifs is 3. The van der Waals surface area contributed by atoms with E-state index < -0.39 is 0 Å². The summed E-state index contributed by atoms with van der Waals surface area (Å²) in [5.74, 6) is 0.981. The second-order valence-corrected chi connectivity index (χ2v) is 9.59. The maximum atomic E-state index is 13.3. The molecule has 0 radical (unpaired) electrons. The largest absolute Gasteiger partial charge is 0.395 e. The van der Waals surface area contributed by atoms with Crippen molar-refractivity contribution in [3.8, 4) is 0 Å². The van der Waals surface area contributed by atoms with Gasteiger partial charge in [-0.25, -0.2) is 4.79 Å². The fraction of sp³-hybridized carbons (Fsp3) is 0.480. The van der Waals surface area contributed by atoms with Gasteiger partial charge in [-0.15, -0.1) is 0 Å². The van der Waals surface area contributed by atoms with Crippen LogP contribution in [0.1, 0.15) is 43.6 Å². The van der Waals surface area contributed by atoms with E-state index in [-0.39, 0.29) is 30.6 Å². The molecule has 164 valence electrons. The van der Waals surface area contributed by atoms with Crippen LogP contribution in [0, 0.1) is 5.92 Å². The maximum absolute atomic E-state index is 13.3. The van der Waals surface area contributed by atoms with Crippen LogP contribution in [0.5, 0.6) is 0 Å². The smallest absolute Gasteiger partial charge is 0.326 e.